The normalized spacial score (nSPS) is 11.0. The number of benzene rings is 1. The zero-order valence-corrected chi connectivity index (χ0v) is 12.2. The number of aliphatic hydroxyl groups excluding tert-OH is 1. The quantitative estimate of drug-likeness (QED) is 0.758. The molecule has 1 rings (SSSR count). The molecule has 0 heterocycles. The molecule has 0 saturated heterocycles. The van der Waals surface area contributed by atoms with Gasteiger partial charge >= 0.3 is 0 Å². The molecule has 1 aromatic rings. The van der Waals surface area contributed by atoms with Crippen LogP contribution in [0.5, 0.6) is 5.75 Å². The van der Waals surface area contributed by atoms with E-state index in [1.807, 2.05) is 26.0 Å². The van der Waals surface area contributed by atoms with Gasteiger partial charge in [-0.05, 0) is 44.5 Å². The van der Waals surface area contributed by atoms with Crippen LogP contribution in [0.4, 0.5) is 0 Å². The summed E-state index contributed by atoms with van der Waals surface area (Å²) < 4.78 is 5.56. The van der Waals surface area contributed by atoms with Crippen molar-refractivity contribution in [1.29, 1.82) is 0 Å². The third kappa shape index (κ3) is 5.02. The van der Waals surface area contributed by atoms with Crippen molar-refractivity contribution in [2.45, 2.75) is 32.9 Å². The number of hydrogen-bond donors (Lipinski definition) is 2. The van der Waals surface area contributed by atoms with Gasteiger partial charge in [0.25, 0.3) is 0 Å². The van der Waals surface area contributed by atoms with E-state index in [1.165, 1.54) is 0 Å². The van der Waals surface area contributed by atoms with Crippen LogP contribution >= 0.6 is 23.2 Å². The van der Waals surface area contributed by atoms with Crippen LogP contribution in [-0.4, -0.2) is 24.4 Å². The molecule has 0 saturated carbocycles. The molecule has 0 bridgehead atoms. The molecule has 0 spiro atoms. The number of aliphatic hydroxyl groups is 1. The molecule has 5 heteroatoms. The van der Waals surface area contributed by atoms with Gasteiger partial charge in [0.15, 0.2) is 5.75 Å². The lowest BCUT2D eigenvalue weighted by atomic mass is 10.2. The van der Waals surface area contributed by atoms with Crippen molar-refractivity contribution >= 4 is 23.2 Å². The molecule has 1 aromatic carbocycles. The molecule has 0 aliphatic heterocycles. The molecule has 2 N–H and O–H groups in total. The third-order valence-corrected chi connectivity index (χ3v) is 2.81. The van der Waals surface area contributed by atoms with Gasteiger partial charge in [-0.1, -0.05) is 23.2 Å². The minimum Gasteiger partial charge on any atom is -0.488 e. The Hall–Kier alpha value is -0.480. The Labute approximate surface area is 118 Å². The van der Waals surface area contributed by atoms with E-state index in [0.29, 0.717) is 22.3 Å². The van der Waals surface area contributed by atoms with Gasteiger partial charge in [-0.2, -0.15) is 0 Å². The Bertz CT molecular complexity index is 360. The molecule has 3 nitrogen and oxygen atoms in total. The molecule has 0 aliphatic rings. The number of ether oxygens (including phenoxy) is 1. The van der Waals surface area contributed by atoms with Gasteiger partial charge in [-0.25, -0.2) is 0 Å². The molecule has 0 fully saturated rings. The Balaban J connectivity index is 2.67. The molecular formula is C13H19Cl2NO2. The van der Waals surface area contributed by atoms with Gasteiger partial charge < -0.3 is 15.2 Å². The van der Waals surface area contributed by atoms with Crippen LogP contribution in [0.3, 0.4) is 0 Å². The Morgan fingerprint density at radius 2 is 1.89 bits per heavy atom. The third-order valence-electron chi connectivity index (χ3n) is 2.25. The maximum absolute atomic E-state index is 8.67. The largest absolute Gasteiger partial charge is 0.488 e. The lowest BCUT2D eigenvalue weighted by molar-refractivity contribution is 0.242. The molecule has 0 atom stereocenters. The standard InChI is InChI=1S/C13H19Cl2NO2/c1-9(2)18-13-11(14)6-10(7-12(13)15)8-16-4-3-5-17/h6-7,9,16-17H,3-5,8H2,1-2H3. The summed E-state index contributed by atoms with van der Waals surface area (Å²) in [5, 5.41) is 12.9. The summed E-state index contributed by atoms with van der Waals surface area (Å²) in [6.45, 7) is 5.47. The Morgan fingerprint density at radius 1 is 1.28 bits per heavy atom. The molecule has 102 valence electrons. The maximum atomic E-state index is 8.67. The number of halogens is 2. The number of rotatable bonds is 7. The van der Waals surface area contributed by atoms with E-state index in [4.69, 9.17) is 33.0 Å². The maximum Gasteiger partial charge on any atom is 0.156 e. The summed E-state index contributed by atoms with van der Waals surface area (Å²) in [5.41, 5.74) is 0.999. The summed E-state index contributed by atoms with van der Waals surface area (Å²) >= 11 is 12.3. The van der Waals surface area contributed by atoms with Crippen LogP contribution in [-0.2, 0) is 6.54 Å². The highest BCUT2D eigenvalue weighted by atomic mass is 35.5. The van der Waals surface area contributed by atoms with Crippen LogP contribution in [0, 0.1) is 0 Å². The first-order valence-corrected chi connectivity index (χ1v) is 6.76. The second kappa shape index (κ2) is 7.85. The first-order valence-electron chi connectivity index (χ1n) is 6.00. The lowest BCUT2D eigenvalue weighted by Crippen LogP contribution is -2.15. The smallest absolute Gasteiger partial charge is 0.156 e. The Kier molecular flexibility index (Phi) is 6.79. The van der Waals surface area contributed by atoms with Crippen molar-refractivity contribution in [2.75, 3.05) is 13.2 Å². The van der Waals surface area contributed by atoms with Gasteiger partial charge in [-0.3, -0.25) is 0 Å². The number of nitrogens with one attached hydrogen (secondary N) is 1. The summed E-state index contributed by atoms with van der Waals surface area (Å²) in [5.74, 6) is 0.535. The van der Waals surface area contributed by atoms with E-state index in [9.17, 15) is 0 Å². The van der Waals surface area contributed by atoms with E-state index >= 15 is 0 Å². The van der Waals surface area contributed by atoms with Gasteiger partial charge in [0.05, 0.1) is 16.1 Å². The predicted molar refractivity (Wildman–Crippen MR) is 75.6 cm³/mol. The highest BCUT2D eigenvalue weighted by molar-refractivity contribution is 6.37. The van der Waals surface area contributed by atoms with Crippen molar-refractivity contribution in [1.82, 2.24) is 5.32 Å². The molecular weight excluding hydrogens is 273 g/mol. The van der Waals surface area contributed by atoms with Gasteiger partial charge in [0, 0.05) is 13.2 Å². The minimum atomic E-state index is 0.0357. The van der Waals surface area contributed by atoms with E-state index in [-0.39, 0.29) is 12.7 Å². The van der Waals surface area contributed by atoms with Gasteiger partial charge in [-0.15, -0.1) is 0 Å². The second-order valence-corrected chi connectivity index (χ2v) is 5.12. The average Bonchev–Trinajstić information content (AvgIpc) is 2.29. The van der Waals surface area contributed by atoms with E-state index in [1.54, 1.807) is 0 Å². The molecule has 0 unspecified atom stereocenters. The fraction of sp³-hybridized carbons (Fsp3) is 0.538. The van der Waals surface area contributed by atoms with Crippen molar-refractivity contribution in [3.8, 4) is 5.75 Å². The zero-order valence-electron chi connectivity index (χ0n) is 10.7. The average molecular weight is 292 g/mol. The monoisotopic (exact) mass is 291 g/mol. The van der Waals surface area contributed by atoms with Crippen molar-refractivity contribution in [3.05, 3.63) is 27.7 Å². The Morgan fingerprint density at radius 3 is 2.39 bits per heavy atom. The van der Waals surface area contributed by atoms with E-state index < -0.39 is 0 Å². The van der Waals surface area contributed by atoms with Gasteiger partial charge in [0.2, 0.25) is 0 Å². The van der Waals surface area contributed by atoms with Crippen LogP contribution in [0.1, 0.15) is 25.8 Å². The van der Waals surface area contributed by atoms with Crippen molar-refractivity contribution in [2.24, 2.45) is 0 Å². The first kappa shape index (κ1) is 15.6. The lowest BCUT2D eigenvalue weighted by Gasteiger charge is -2.14. The van der Waals surface area contributed by atoms with Crippen molar-refractivity contribution in [3.63, 3.8) is 0 Å². The first-order chi connectivity index (χ1) is 8.54. The van der Waals surface area contributed by atoms with Crippen LogP contribution in [0.2, 0.25) is 10.0 Å². The predicted octanol–water partition coefficient (Wildman–Crippen LogP) is 3.25. The van der Waals surface area contributed by atoms with Crippen LogP contribution < -0.4 is 10.1 Å². The second-order valence-electron chi connectivity index (χ2n) is 4.31. The van der Waals surface area contributed by atoms with E-state index in [0.717, 1.165) is 18.5 Å². The van der Waals surface area contributed by atoms with Crippen LogP contribution in [0.15, 0.2) is 12.1 Å². The topological polar surface area (TPSA) is 41.5 Å². The summed E-state index contributed by atoms with van der Waals surface area (Å²) in [4.78, 5) is 0. The van der Waals surface area contributed by atoms with Crippen molar-refractivity contribution < 1.29 is 9.84 Å². The highest BCUT2D eigenvalue weighted by Gasteiger charge is 2.11. The molecule has 0 amide bonds. The summed E-state index contributed by atoms with van der Waals surface area (Å²) in [6, 6.07) is 3.69. The highest BCUT2D eigenvalue weighted by Crippen LogP contribution is 2.34. The number of hydrogen-bond acceptors (Lipinski definition) is 3. The molecule has 0 aliphatic carbocycles. The minimum absolute atomic E-state index is 0.0357. The fourth-order valence-electron chi connectivity index (χ4n) is 1.50. The molecule has 0 aromatic heterocycles. The molecule has 0 radical (unpaired) electrons. The summed E-state index contributed by atoms with van der Waals surface area (Å²) in [6.07, 6.45) is 0.768. The molecule has 18 heavy (non-hydrogen) atoms. The zero-order chi connectivity index (χ0) is 13.5. The summed E-state index contributed by atoms with van der Waals surface area (Å²) in [7, 11) is 0. The SMILES string of the molecule is CC(C)Oc1c(Cl)cc(CNCCCO)cc1Cl. The fourth-order valence-corrected chi connectivity index (χ4v) is 2.12. The van der Waals surface area contributed by atoms with Crippen LogP contribution in [0.25, 0.3) is 0 Å². The van der Waals surface area contributed by atoms with E-state index in [2.05, 4.69) is 5.32 Å². The van der Waals surface area contributed by atoms with Gasteiger partial charge in [0.1, 0.15) is 0 Å².